The van der Waals surface area contributed by atoms with E-state index in [1.807, 2.05) is 12.1 Å². The zero-order chi connectivity index (χ0) is 19.3. The summed E-state index contributed by atoms with van der Waals surface area (Å²) in [6.45, 7) is 5.31. The van der Waals surface area contributed by atoms with Gasteiger partial charge in [0.2, 0.25) is 0 Å². The van der Waals surface area contributed by atoms with Gasteiger partial charge in [-0.1, -0.05) is 17.7 Å². The average molecular weight is 399 g/mol. The van der Waals surface area contributed by atoms with Gasteiger partial charge < -0.3 is 15.0 Å². The van der Waals surface area contributed by atoms with Crippen molar-refractivity contribution in [1.82, 2.24) is 9.88 Å². The Balaban J connectivity index is 1.44. The molecule has 1 saturated heterocycles. The van der Waals surface area contributed by atoms with Crippen molar-refractivity contribution in [3.05, 3.63) is 65.1 Å². The fourth-order valence-electron chi connectivity index (χ4n) is 3.51. The van der Waals surface area contributed by atoms with Crippen molar-refractivity contribution in [2.75, 3.05) is 49.5 Å². The van der Waals surface area contributed by atoms with Crippen LogP contribution >= 0.6 is 11.6 Å². The van der Waals surface area contributed by atoms with Gasteiger partial charge in [0.05, 0.1) is 24.5 Å². The monoisotopic (exact) mass is 398 g/mol. The smallest absolute Gasteiger partial charge is 0.274 e. The van der Waals surface area contributed by atoms with E-state index in [9.17, 15) is 4.79 Å². The van der Waals surface area contributed by atoms with E-state index in [4.69, 9.17) is 16.3 Å². The van der Waals surface area contributed by atoms with E-state index in [0.29, 0.717) is 16.4 Å². The molecule has 1 amide bonds. The van der Waals surface area contributed by atoms with Crippen LogP contribution in [-0.4, -0.2) is 55.1 Å². The first-order valence-electron chi connectivity index (χ1n) is 9.50. The quantitative estimate of drug-likeness (QED) is 0.836. The molecular weight excluding hydrogens is 376 g/mol. The van der Waals surface area contributed by atoms with E-state index in [2.05, 4.69) is 26.2 Å². The lowest BCUT2D eigenvalue weighted by Crippen LogP contribution is -2.47. The molecule has 146 valence electrons. The number of ether oxygens (including phenoxy) is 1. The molecule has 2 aromatic rings. The van der Waals surface area contributed by atoms with Crippen LogP contribution in [-0.2, 0) is 4.74 Å². The minimum atomic E-state index is -0.243. The third kappa shape index (κ3) is 4.46. The maximum atomic E-state index is 12.5. The van der Waals surface area contributed by atoms with E-state index in [1.165, 1.54) is 0 Å². The van der Waals surface area contributed by atoms with Gasteiger partial charge in [-0.3, -0.25) is 14.7 Å². The van der Waals surface area contributed by atoms with E-state index in [-0.39, 0.29) is 5.91 Å². The molecule has 6 nitrogen and oxygen atoms in total. The summed E-state index contributed by atoms with van der Waals surface area (Å²) in [6.07, 6.45) is 4.80. The van der Waals surface area contributed by atoms with Gasteiger partial charge in [0, 0.05) is 43.8 Å². The third-order valence-electron chi connectivity index (χ3n) is 4.97. The van der Waals surface area contributed by atoms with Crippen LogP contribution in [0.1, 0.15) is 16.9 Å². The number of piperazine rings is 1. The zero-order valence-electron chi connectivity index (χ0n) is 15.6. The Bertz CT molecular complexity index is 864. The van der Waals surface area contributed by atoms with Crippen LogP contribution in [0.4, 0.5) is 11.4 Å². The summed E-state index contributed by atoms with van der Waals surface area (Å²) in [4.78, 5) is 21.3. The molecule has 28 heavy (non-hydrogen) atoms. The fraction of sp³-hybridized carbons (Fsp3) is 0.333. The van der Waals surface area contributed by atoms with E-state index in [0.717, 1.165) is 57.2 Å². The number of halogens is 1. The summed E-state index contributed by atoms with van der Waals surface area (Å²) in [6, 6.07) is 10.9. The average Bonchev–Trinajstić information content (AvgIpc) is 3.23. The molecule has 0 unspecified atom stereocenters. The molecule has 1 fully saturated rings. The molecule has 2 aliphatic rings. The predicted octanol–water partition coefficient (Wildman–Crippen LogP) is 3.41. The zero-order valence-corrected chi connectivity index (χ0v) is 16.4. The standard InChI is InChI=1S/C21H23ClN4O2/c22-16-6-7-20(19(14-16)24-21(27)18-5-1-2-8-23-18)26-11-9-25(10-12-26)15-17-4-3-13-28-17/h1-2,4-8,14H,3,9-13,15H2,(H,24,27). The van der Waals surface area contributed by atoms with Gasteiger partial charge in [0.1, 0.15) is 11.5 Å². The molecule has 1 aromatic carbocycles. The summed E-state index contributed by atoms with van der Waals surface area (Å²) >= 11 is 6.19. The van der Waals surface area contributed by atoms with Crippen molar-refractivity contribution < 1.29 is 9.53 Å². The van der Waals surface area contributed by atoms with Crippen molar-refractivity contribution >= 4 is 28.9 Å². The number of carbonyl (C=O) groups is 1. The lowest BCUT2D eigenvalue weighted by Gasteiger charge is -2.37. The Morgan fingerprint density at radius 2 is 2.04 bits per heavy atom. The molecule has 0 spiro atoms. The number of nitrogens with one attached hydrogen (secondary N) is 1. The van der Waals surface area contributed by atoms with Crippen LogP contribution < -0.4 is 10.2 Å². The maximum Gasteiger partial charge on any atom is 0.274 e. The van der Waals surface area contributed by atoms with E-state index in [1.54, 1.807) is 30.5 Å². The van der Waals surface area contributed by atoms with Crippen molar-refractivity contribution in [3.63, 3.8) is 0 Å². The van der Waals surface area contributed by atoms with Crippen molar-refractivity contribution in [2.24, 2.45) is 0 Å². The molecule has 3 heterocycles. The van der Waals surface area contributed by atoms with E-state index < -0.39 is 0 Å². The molecular formula is C21H23ClN4O2. The van der Waals surface area contributed by atoms with Crippen LogP contribution in [0.15, 0.2) is 54.4 Å². The summed E-state index contributed by atoms with van der Waals surface area (Å²) in [5, 5.41) is 3.55. The first-order valence-corrected chi connectivity index (χ1v) is 9.88. The third-order valence-corrected chi connectivity index (χ3v) is 5.21. The molecule has 1 aromatic heterocycles. The second kappa shape index (κ2) is 8.63. The minimum Gasteiger partial charge on any atom is -0.497 e. The minimum absolute atomic E-state index is 0.243. The van der Waals surface area contributed by atoms with Gasteiger partial charge in [-0.05, 0) is 36.4 Å². The lowest BCUT2D eigenvalue weighted by atomic mass is 10.2. The highest BCUT2D eigenvalue weighted by Gasteiger charge is 2.22. The van der Waals surface area contributed by atoms with E-state index >= 15 is 0 Å². The highest BCUT2D eigenvalue weighted by molar-refractivity contribution is 6.31. The maximum absolute atomic E-state index is 12.5. The van der Waals surface area contributed by atoms with Crippen molar-refractivity contribution in [3.8, 4) is 0 Å². The topological polar surface area (TPSA) is 57.7 Å². The van der Waals surface area contributed by atoms with Crippen molar-refractivity contribution in [2.45, 2.75) is 6.42 Å². The number of hydrogen-bond donors (Lipinski definition) is 1. The number of amides is 1. The number of aromatic nitrogens is 1. The van der Waals surface area contributed by atoms with Crippen LogP contribution in [0, 0.1) is 0 Å². The highest BCUT2D eigenvalue weighted by atomic mass is 35.5. The van der Waals surface area contributed by atoms with Gasteiger partial charge in [-0.15, -0.1) is 0 Å². The summed E-state index contributed by atoms with van der Waals surface area (Å²) in [7, 11) is 0. The predicted molar refractivity (Wildman–Crippen MR) is 111 cm³/mol. The number of rotatable bonds is 5. The second-order valence-electron chi connectivity index (χ2n) is 6.90. The molecule has 0 aliphatic carbocycles. The first kappa shape index (κ1) is 18.8. The molecule has 7 heteroatoms. The molecule has 0 atom stereocenters. The number of pyridine rings is 1. The van der Waals surface area contributed by atoms with Gasteiger partial charge >= 0.3 is 0 Å². The van der Waals surface area contributed by atoms with Gasteiger partial charge in [0.15, 0.2) is 0 Å². The SMILES string of the molecule is O=C(Nc1cc(Cl)ccc1N1CCN(CC2=CCCO2)CC1)c1ccccn1. The Kier molecular flexibility index (Phi) is 5.78. The molecule has 1 N–H and O–H groups in total. The number of carbonyl (C=O) groups excluding carboxylic acids is 1. The Morgan fingerprint density at radius 1 is 1.18 bits per heavy atom. The number of hydrogen-bond acceptors (Lipinski definition) is 5. The molecule has 0 saturated carbocycles. The number of nitrogens with zero attached hydrogens (tertiary/aromatic N) is 3. The molecule has 0 bridgehead atoms. The molecule has 0 radical (unpaired) electrons. The van der Waals surface area contributed by atoms with Crippen molar-refractivity contribution in [1.29, 1.82) is 0 Å². The number of benzene rings is 1. The van der Waals surface area contributed by atoms with Crippen LogP contribution in [0.5, 0.6) is 0 Å². The normalized spacial score (nSPS) is 17.2. The number of anilines is 2. The molecule has 2 aliphatic heterocycles. The summed E-state index contributed by atoms with van der Waals surface area (Å²) < 4.78 is 5.62. The lowest BCUT2D eigenvalue weighted by molar-refractivity contribution is 0.102. The summed E-state index contributed by atoms with van der Waals surface area (Å²) in [5.41, 5.74) is 2.06. The second-order valence-corrected chi connectivity index (χ2v) is 7.34. The summed E-state index contributed by atoms with van der Waals surface area (Å²) in [5.74, 6) is 0.844. The Hall–Kier alpha value is -2.57. The van der Waals surface area contributed by atoms with Gasteiger partial charge in [-0.25, -0.2) is 0 Å². The Labute approximate surface area is 169 Å². The van der Waals surface area contributed by atoms with Crippen LogP contribution in [0.3, 0.4) is 0 Å². The first-order chi connectivity index (χ1) is 13.7. The van der Waals surface area contributed by atoms with Gasteiger partial charge in [-0.2, -0.15) is 0 Å². The van der Waals surface area contributed by atoms with Gasteiger partial charge in [0.25, 0.3) is 5.91 Å². The largest absolute Gasteiger partial charge is 0.497 e. The van der Waals surface area contributed by atoms with Crippen LogP contribution in [0.25, 0.3) is 0 Å². The van der Waals surface area contributed by atoms with Crippen LogP contribution in [0.2, 0.25) is 5.02 Å². The highest BCUT2D eigenvalue weighted by Crippen LogP contribution is 2.30. The fourth-order valence-corrected chi connectivity index (χ4v) is 3.69. The molecule has 4 rings (SSSR count). The Morgan fingerprint density at radius 3 is 2.75 bits per heavy atom.